The van der Waals surface area contributed by atoms with E-state index in [1.54, 1.807) is 6.08 Å². The maximum atomic E-state index is 10.1. The first-order valence-corrected chi connectivity index (χ1v) is 11.0. The summed E-state index contributed by atoms with van der Waals surface area (Å²) in [6, 6.07) is 8.27. The number of aliphatic hydroxyl groups is 2. The number of halogens is 1. The van der Waals surface area contributed by atoms with Crippen LogP contribution in [0.15, 0.2) is 65.4 Å². The lowest BCUT2D eigenvalue weighted by Crippen LogP contribution is -2.11. The van der Waals surface area contributed by atoms with Crippen LogP contribution < -0.4 is 0 Å². The topological polar surface area (TPSA) is 53.4 Å². The molecule has 2 aliphatic rings. The molecule has 4 rings (SSSR count). The molecule has 158 valence electrons. The standard InChI is InChI=1S/C27H26ClNO2/c1-17(2)25-24(27(30)31)16-21(26(29-25)20-9-3-5-12-22(28)15-20)14-19-11-7-10-18-8-4-6-13-23(18)19/h3-4,7-12,15-17,27,30-31H,6,13-14H2,1-2H3. The van der Waals surface area contributed by atoms with E-state index in [2.05, 4.69) is 36.1 Å². The first-order chi connectivity index (χ1) is 14.9. The molecule has 2 aliphatic carbocycles. The van der Waals surface area contributed by atoms with Crippen LogP contribution in [0.2, 0.25) is 0 Å². The lowest BCUT2D eigenvalue weighted by molar-refractivity contribution is -0.0436. The molecule has 1 heterocycles. The summed E-state index contributed by atoms with van der Waals surface area (Å²) in [5, 5.41) is 20.7. The summed E-state index contributed by atoms with van der Waals surface area (Å²) in [5.74, 6) is 0.0405. The first-order valence-electron chi connectivity index (χ1n) is 10.6. The Morgan fingerprint density at radius 3 is 2.81 bits per heavy atom. The van der Waals surface area contributed by atoms with E-state index in [9.17, 15) is 10.2 Å². The monoisotopic (exact) mass is 431 g/mol. The van der Waals surface area contributed by atoms with Gasteiger partial charge in [-0.25, -0.2) is 0 Å². The molecule has 0 spiro atoms. The summed E-state index contributed by atoms with van der Waals surface area (Å²) in [7, 11) is 0. The van der Waals surface area contributed by atoms with Crippen molar-refractivity contribution in [2.24, 2.45) is 0 Å². The SMILES string of the molecule is CC(C)c1nc(C2=CC=C=CC(Cl)=C2)c(Cc2cccc3c2CCC=C3)cc1C(O)O. The predicted octanol–water partition coefficient (Wildman–Crippen LogP) is 5.97. The number of aromatic nitrogens is 1. The van der Waals surface area contributed by atoms with E-state index in [0.717, 1.165) is 29.7 Å². The molecular formula is C27H26ClNO2. The minimum atomic E-state index is -1.57. The van der Waals surface area contributed by atoms with E-state index >= 15 is 0 Å². The van der Waals surface area contributed by atoms with Gasteiger partial charge in [0.1, 0.15) is 0 Å². The van der Waals surface area contributed by atoms with Gasteiger partial charge < -0.3 is 10.2 Å². The first kappa shape index (κ1) is 21.5. The molecule has 0 bridgehead atoms. The molecule has 0 unspecified atom stereocenters. The van der Waals surface area contributed by atoms with Crippen LogP contribution in [-0.4, -0.2) is 15.2 Å². The number of benzene rings is 1. The van der Waals surface area contributed by atoms with Gasteiger partial charge in [-0.15, -0.1) is 5.73 Å². The van der Waals surface area contributed by atoms with E-state index in [4.69, 9.17) is 16.6 Å². The van der Waals surface area contributed by atoms with Crippen molar-refractivity contribution in [3.05, 3.63) is 105 Å². The molecule has 2 aromatic rings. The molecule has 0 radical (unpaired) electrons. The van der Waals surface area contributed by atoms with Crippen molar-refractivity contribution in [3.63, 3.8) is 0 Å². The lowest BCUT2D eigenvalue weighted by atomic mass is 9.88. The Balaban J connectivity index is 1.89. The zero-order chi connectivity index (χ0) is 22.0. The van der Waals surface area contributed by atoms with E-state index in [0.29, 0.717) is 22.7 Å². The van der Waals surface area contributed by atoms with Crippen LogP contribution in [0.5, 0.6) is 0 Å². The van der Waals surface area contributed by atoms with Crippen molar-refractivity contribution in [2.75, 3.05) is 0 Å². The molecule has 0 aliphatic heterocycles. The van der Waals surface area contributed by atoms with E-state index in [-0.39, 0.29) is 5.92 Å². The van der Waals surface area contributed by atoms with Crippen LogP contribution in [0.3, 0.4) is 0 Å². The van der Waals surface area contributed by atoms with Gasteiger partial charge in [-0.05, 0) is 77.8 Å². The Kier molecular flexibility index (Phi) is 6.41. The third-order valence-corrected chi connectivity index (χ3v) is 5.90. The highest BCUT2D eigenvalue weighted by atomic mass is 35.5. The number of fused-ring (bicyclic) bond motifs is 1. The number of hydrogen-bond donors (Lipinski definition) is 2. The summed E-state index contributed by atoms with van der Waals surface area (Å²) in [5.41, 5.74) is 10.6. The molecule has 2 N–H and O–H groups in total. The number of hydrogen-bond acceptors (Lipinski definition) is 3. The molecule has 4 heteroatoms. The molecule has 0 saturated heterocycles. The van der Waals surface area contributed by atoms with Crippen molar-refractivity contribution >= 4 is 23.3 Å². The second kappa shape index (κ2) is 9.21. The molecular weight excluding hydrogens is 406 g/mol. The third-order valence-electron chi connectivity index (χ3n) is 5.68. The fraction of sp³-hybridized carbons (Fsp3) is 0.259. The minimum Gasteiger partial charge on any atom is -0.364 e. The van der Waals surface area contributed by atoms with Crippen LogP contribution in [0.25, 0.3) is 11.6 Å². The number of nitrogens with zero attached hydrogens (tertiary/aromatic N) is 1. The number of pyridine rings is 1. The highest BCUT2D eigenvalue weighted by Crippen LogP contribution is 2.33. The fourth-order valence-electron chi connectivity index (χ4n) is 4.22. The highest BCUT2D eigenvalue weighted by Gasteiger charge is 2.21. The van der Waals surface area contributed by atoms with Crippen molar-refractivity contribution in [1.82, 2.24) is 4.98 Å². The summed E-state index contributed by atoms with van der Waals surface area (Å²) in [6.07, 6.45) is 12.9. The molecule has 0 amide bonds. The van der Waals surface area contributed by atoms with E-state index in [1.165, 1.54) is 16.7 Å². The quantitative estimate of drug-likeness (QED) is 0.453. The molecule has 0 atom stereocenters. The number of allylic oxidation sites excluding steroid dienone is 6. The van der Waals surface area contributed by atoms with Gasteiger partial charge in [0.15, 0.2) is 6.29 Å². The molecule has 1 aromatic heterocycles. The normalized spacial score (nSPS) is 15.2. The van der Waals surface area contributed by atoms with Crippen molar-refractivity contribution in [2.45, 2.75) is 45.3 Å². The lowest BCUT2D eigenvalue weighted by Gasteiger charge is -2.21. The van der Waals surface area contributed by atoms with E-state index < -0.39 is 6.29 Å². The Morgan fingerprint density at radius 2 is 2.03 bits per heavy atom. The smallest absolute Gasteiger partial charge is 0.180 e. The van der Waals surface area contributed by atoms with Gasteiger partial charge in [0.2, 0.25) is 0 Å². The van der Waals surface area contributed by atoms with Gasteiger partial charge in [0.25, 0.3) is 0 Å². The van der Waals surface area contributed by atoms with Crippen molar-refractivity contribution in [1.29, 1.82) is 0 Å². The largest absolute Gasteiger partial charge is 0.364 e. The Hall–Kier alpha value is -2.68. The minimum absolute atomic E-state index is 0.0405. The second-order valence-electron chi connectivity index (χ2n) is 8.23. The molecule has 0 fully saturated rings. The molecule has 3 nitrogen and oxygen atoms in total. The van der Waals surface area contributed by atoms with Gasteiger partial charge in [-0.1, -0.05) is 55.8 Å². The maximum Gasteiger partial charge on any atom is 0.180 e. The van der Waals surface area contributed by atoms with Gasteiger partial charge in [0, 0.05) is 16.2 Å². The van der Waals surface area contributed by atoms with Crippen LogP contribution in [-0.2, 0) is 12.8 Å². The zero-order valence-corrected chi connectivity index (χ0v) is 18.5. The van der Waals surface area contributed by atoms with Crippen LogP contribution in [0.1, 0.15) is 71.7 Å². The Labute approximate surface area is 188 Å². The summed E-state index contributed by atoms with van der Waals surface area (Å²) in [6.45, 7) is 4.01. The average molecular weight is 432 g/mol. The van der Waals surface area contributed by atoms with Gasteiger partial charge in [-0.2, -0.15) is 0 Å². The number of rotatable bonds is 5. The van der Waals surface area contributed by atoms with Gasteiger partial charge >= 0.3 is 0 Å². The second-order valence-corrected chi connectivity index (χ2v) is 8.67. The predicted molar refractivity (Wildman–Crippen MR) is 127 cm³/mol. The van der Waals surface area contributed by atoms with E-state index in [1.807, 2.05) is 38.1 Å². The zero-order valence-electron chi connectivity index (χ0n) is 17.8. The van der Waals surface area contributed by atoms with Crippen LogP contribution in [0.4, 0.5) is 0 Å². The Bertz CT molecular complexity index is 1160. The Morgan fingerprint density at radius 1 is 1.19 bits per heavy atom. The maximum absolute atomic E-state index is 10.1. The van der Waals surface area contributed by atoms with Crippen LogP contribution in [0, 0.1) is 0 Å². The molecule has 1 aromatic carbocycles. The van der Waals surface area contributed by atoms with Gasteiger partial charge in [0.05, 0.1) is 11.4 Å². The summed E-state index contributed by atoms with van der Waals surface area (Å²) >= 11 is 6.32. The van der Waals surface area contributed by atoms with Crippen LogP contribution >= 0.6 is 11.6 Å². The van der Waals surface area contributed by atoms with Crippen molar-refractivity contribution < 1.29 is 10.2 Å². The average Bonchev–Trinajstić information content (AvgIpc) is 2.97. The van der Waals surface area contributed by atoms with Gasteiger partial charge in [-0.3, -0.25) is 4.98 Å². The third kappa shape index (κ3) is 4.66. The highest BCUT2D eigenvalue weighted by molar-refractivity contribution is 6.32. The molecule has 0 saturated carbocycles. The summed E-state index contributed by atoms with van der Waals surface area (Å²) < 4.78 is 0. The molecule has 31 heavy (non-hydrogen) atoms. The summed E-state index contributed by atoms with van der Waals surface area (Å²) in [4.78, 5) is 4.93. The van der Waals surface area contributed by atoms with Crippen molar-refractivity contribution in [3.8, 4) is 0 Å². The number of aliphatic hydroxyl groups excluding tert-OH is 1. The fourth-order valence-corrected chi connectivity index (χ4v) is 4.40.